The highest BCUT2D eigenvalue weighted by molar-refractivity contribution is 8.86. The molecule has 8 heavy (non-hydrogen) atoms. The fourth-order valence-electron chi connectivity index (χ4n) is 0.293. The maximum atomic E-state index is 11.0. The third-order valence-corrected chi connectivity index (χ3v) is 6.84. The van der Waals surface area contributed by atoms with Crippen molar-refractivity contribution in [1.82, 2.24) is 0 Å². The maximum Gasteiger partial charge on any atom is 0.187 e. The summed E-state index contributed by atoms with van der Waals surface area (Å²) in [6.45, 7) is 3.89. The molecule has 0 heterocycles. The topological polar surface area (TPSA) is 17.1 Å². The molecule has 0 spiro atoms. The summed E-state index contributed by atoms with van der Waals surface area (Å²) in [5.41, 5.74) is -2.06. The van der Waals surface area contributed by atoms with Crippen molar-refractivity contribution in [2.24, 2.45) is 0 Å². The summed E-state index contributed by atoms with van der Waals surface area (Å²) in [6.07, 6.45) is 0.689. The summed E-state index contributed by atoms with van der Waals surface area (Å²) in [7, 11) is 0. The largest absolute Gasteiger partial charge is 0.301 e. The Morgan fingerprint density at radius 3 is 2.25 bits per heavy atom. The first kappa shape index (κ1) is 8.93. The average Bonchev–Trinajstić information content (AvgIpc) is 1.67. The number of hydrogen-bond acceptors (Lipinski definition) is 2. The van der Waals surface area contributed by atoms with E-state index in [1.807, 2.05) is 13.8 Å². The molecule has 0 amide bonds. The van der Waals surface area contributed by atoms with Gasteiger partial charge in [0, 0.05) is 6.16 Å². The van der Waals surface area contributed by atoms with Crippen LogP contribution in [0.15, 0.2) is 0 Å². The molecule has 0 aromatic carbocycles. The molecule has 0 aromatic rings. The summed E-state index contributed by atoms with van der Waals surface area (Å²) < 4.78 is 11.0. The Morgan fingerprint density at radius 1 is 1.62 bits per heavy atom. The lowest BCUT2D eigenvalue weighted by Crippen LogP contribution is -1.70. The van der Waals surface area contributed by atoms with E-state index in [1.54, 1.807) is 0 Å². The van der Waals surface area contributed by atoms with E-state index in [-0.39, 0.29) is 0 Å². The highest BCUT2D eigenvalue weighted by Gasteiger charge is 2.10. The fourth-order valence-corrected chi connectivity index (χ4v) is 3.68. The summed E-state index contributed by atoms with van der Waals surface area (Å²) in [5.74, 6) is 0.897. The molecule has 0 aliphatic rings. The molecule has 1 nitrogen and oxygen atoms in total. The third-order valence-electron chi connectivity index (χ3n) is 0.730. The van der Waals surface area contributed by atoms with Gasteiger partial charge in [0.1, 0.15) is 0 Å². The molecule has 0 rings (SSSR count). The Kier molecular flexibility index (Phi) is 4.31. The minimum atomic E-state index is -2.06. The molecule has 0 saturated carbocycles. The molecular formula is C4H11OPS2. The van der Waals surface area contributed by atoms with Gasteiger partial charge in [-0.2, -0.15) is 0 Å². The van der Waals surface area contributed by atoms with Gasteiger partial charge < -0.3 is 4.57 Å². The van der Waals surface area contributed by atoms with Crippen LogP contribution in [0.25, 0.3) is 0 Å². The van der Waals surface area contributed by atoms with E-state index in [1.165, 1.54) is 11.4 Å². The predicted octanol–water partition coefficient (Wildman–Crippen LogP) is 2.88. The van der Waals surface area contributed by atoms with Crippen LogP contribution in [0.3, 0.4) is 0 Å². The van der Waals surface area contributed by atoms with Gasteiger partial charge in [0.05, 0.1) is 0 Å². The van der Waals surface area contributed by atoms with Crippen LogP contribution in [-0.4, -0.2) is 11.9 Å². The third kappa shape index (κ3) is 3.88. The molecule has 0 aromatic heterocycles. The van der Waals surface area contributed by atoms with E-state index in [0.717, 1.165) is 5.75 Å². The van der Waals surface area contributed by atoms with Gasteiger partial charge in [0.2, 0.25) is 0 Å². The predicted molar refractivity (Wildman–Crippen MR) is 45.3 cm³/mol. The second-order valence-electron chi connectivity index (χ2n) is 1.37. The number of rotatable bonds is 3. The van der Waals surface area contributed by atoms with Crippen LogP contribution in [-0.2, 0) is 4.57 Å². The number of thiol groups is 1. The first-order chi connectivity index (χ1) is 3.62. The van der Waals surface area contributed by atoms with Crippen molar-refractivity contribution in [2.75, 3.05) is 11.9 Å². The lowest BCUT2D eigenvalue weighted by molar-refractivity contribution is 0.594. The molecule has 1 unspecified atom stereocenters. The van der Waals surface area contributed by atoms with Crippen LogP contribution in [0.2, 0.25) is 0 Å². The molecule has 0 saturated heterocycles. The Bertz CT molecular complexity index is 104. The molecule has 0 radical (unpaired) electrons. The lowest BCUT2D eigenvalue weighted by Gasteiger charge is -2.03. The molecule has 0 bridgehead atoms. The van der Waals surface area contributed by atoms with Crippen molar-refractivity contribution < 1.29 is 4.57 Å². The lowest BCUT2D eigenvalue weighted by atomic mass is 11.0. The molecule has 0 fully saturated rings. The van der Waals surface area contributed by atoms with Crippen molar-refractivity contribution in [3.05, 3.63) is 0 Å². The minimum absolute atomic E-state index is 0.689. The maximum absolute atomic E-state index is 11.0. The smallest absolute Gasteiger partial charge is 0.187 e. The van der Waals surface area contributed by atoms with E-state index in [0.29, 0.717) is 6.16 Å². The van der Waals surface area contributed by atoms with Gasteiger partial charge in [-0.05, 0) is 5.75 Å². The summed E-state index contributed by atoms with van der Waals surface area (Å²) in [6, 6.07) is 0. The quantitative estimate of drug-likeness (QED) is 0.518. The molecule has 1 atom stereocenters. The van der Waals surface area contributed by atoms with E-state index in [4.69, 9.17) is 0 Å². The Balaban J connectivity index is 3.55. The van der Waals surface area contributed by atoms with Gasteiger partial charge >= 0.3 is 0 Å². The standard InChI is InChI=1S/C4H11OPS2/c1-3-6(5,7)8-4-2/h3-4H2,1-2H3,(H,5,7). The first-order valence-corrected chi connectivity index (χ1v) is 7.22. The van der Waals surface area contributed by atoms with Crippen molar-refractivity contribution in [3.63, 3.8) is 0 Å². The van der Waals surface area contributed by atoms with Crippen LogP contribution < -0.4 is 0 Å². The van der Waals surface area contributed by atoms with Crippen LogP contribution >= 0.6 is 29.2 Å². The van der Waals surface area contributed by atoms with Gasteiger partial charge in [-0.1, -0.05) is 25.2 Å². The van der Waals surface area contributed by atoms with Crippen molar-refractivity contribution >= 4 is 29.2 Å². The summed E-state index contributed by atoms with van der Waals surface area (Å²) in [4.78, 5) is 0. The second kappa shape index (κ2) is 3.86. The van der Waals surface area contributed by atoms with Crippen LogP contribution in [0, 0.1) is 0 Å². The first-order valence-electron chi connectivity index (χ1n) is 2.58. The number of hydrogen-bond donors (Lipinski definition) is 1. The Labute approximate surface area is 59.9 Å². The molecular weight excluding hydrogens is 159 g/mol. The zero-order valence-corrected chi connectivity index (χ0v) is 7.73. The van der Waals surface area contributed by atoms with E-state index in [2.05, 4.69) is 12.2 Å². The van der Waals surface area contributed by atoms with Gasteiger partial charge in [0.15, 0.2) is 5.55 Å². The monoisotopic (exact) mass is 170 g/mol. The SMILES string of the molecule is CCSP(=O)(S)CC. The molecule has 4 heteroatoms. The summed E-state index contributed by atoms with van der Waals surface area (Å²) >= 11 is 5.44. The van der Waals surface area contributed by atoms with E-state index < -0.39 is 5.55 Å². The highest BCUT2D eigenvalue weighted by Crippen LogP contribution is 2.62. The molecule has 0 N–H and O–H groups in total. The van der Waals surface area contributed by atoms with Crippen molar-refractivity contribution in [1.29, 1.82) is 0 Å². The van der Waals surface area contributed by atoms with Gasteiger partial charge in [-0.3, -0.25) is 0 Å². The van der Waals surface area contributed by atoms with Crippen LogP contribution in [0.4, 0.5) is 0 Å². The minimum Gasteiger partial charge on any atom is -0.301 e. The van der Waals surface area contributed by atoms with Crippen LogP contribution in [0.1, 0.15) is 13.8 Å². The fraction of sp³-hybridized carbons (Fsp3) is 1.00. The zero-order valence-electron chi connectivity index (χ0n) is 5.13. The zero-order chi connectivity index (χ0) is 6.62. The molecule has 0 aliphatic carbocycles. The normalized spacial score (nSPS) is 17.9. The van der Waals surface area contributed by atoms with Gasteiger partial charge in [-0.15, -0.1) is 12.2 Å². The van der Waals surface area contributed by atoms with E-state index >= 15 is 0 Å². The molecule has 0 aliphatic heterocycles. The van der Waals surface area contributed by atoms with Gasteiger partial charge in [-0.25, -0.2) is 0 Å². The van der Waals surface area contributed by atoms with Crippen molar-refractivity contribution in [2.45, 2.75) is 13.8 Å². The second-order valence-corrected chi connectivity index (χ2v) is 9.41. The van der Waals surface area contributed by atoms with Gasteiger partial charge in [0.25, 0.3) is 0 Å². The average molecular weight is 170 g/mol. The Morgan fingerprint density at radius 2 is 2.12 bits per heavy atom. The summed E-state index contributed by atoms with van der Waals surface area (Å²) in [5, 5.41) is 0. The van der Waals surface area contributed by atoms with E-state index in [9.17, 15) is 4.57 Å². The Hall–Kier alpha value is 0.930. The van der Waals surface area contributed by atoms with Crippen LogP contribution in [0.5, 0.6) is 0 Å². The molecule has 50 valence electrons. The van der Waals surface area contributed by atoms with Crippen molar-refractivity contribution in [3.8, 4) is 0 Å². The highest BCUT2D eigenvalue weighted by atomic mass is 33.1.